The molecule has 2 amide bonds. The zero-order valence-corrected chi connectivity index (χ0v) is 9.66. The maximum absolute atomic E-state index is 11.5. The summed E-state index contributed by atoms with van der Waals surface area (Å²) < 4.78 is 0. The normalized spacial score (nSPS) is 11.9. The van der Waals surface area contributed by atoms with Crippen molar-refractivity contribution in [1.29, 1.82) is 0 Å². The number of aliphatic hydroxyl groups excluding tert-OH is 1. The Hall–Kier alpha value is -1.55. The zero-order valence-electron chi connectivity index (χ0n) is 9.66. The number of urea groups is 1. The molecule has 0 aliphatic rings. The van der Waals surface area contributed by atoms with Crippen LogP contribution in [0.4, 0.5) is 10.5 Å². The summed E-state index contributed by atoms with van der Waals surface area (Å²) in [7, 11) is 0. The highest BCUT2D eigenvalue weighted by Crippen LogP contribution is 2.14. The van der Waals surface area contributed by atoms with Crippen LogP contribution < -0.4 is 10.6 Å². The number of aryl methyl sites for hydroxylation is 1. The summed E-state index contributed by atoms with van der Waals surface area (Å²) in [6, 6.07) is 7.13. The van der Waals surface area contributed by atoms with Crippen molar-refractivity contribution in [3.05, 3.63) is 29.8 Å². The third-order valence-electron chi connectivity index (χ3n) is 2.30. The highest BCUT2D eigenvalue weighted by molar-refractivity contribution is 5.90. The first kappa shape index (κ1) is 12.5. The van der Waals surface area contributed by atoms with E-state index in [0.717, 1.165) is 17.7 Å². The summed E-state index contributed by atoms with van der Waals surface area (Å²) >= 11 is 0. The number of carbonyl (C=O) groups is 1. The van der Waals surface area contributed by atoms with E-state index in [1.165, 1.54) is 0 Å². The Morgan fingerprint density at radius 1 is 1.44 bits per heavy atom. The van der Waals surface area contributed by atoms with Crippen LogP contribution in [0.1, 0.15) is 19.4 Å². The summed E-state index contributed by atoms with van der Waals surface area (Å²) in [6.07, 6.45) is 0.867. The number of benzene rings is 1. The van der Waals surface area contributed by atoms with E-state index in [4.69, 9.17) is 5.11 Å². The summed E-state index contributed by atoms with van der Waals surface area (Å²) in [5, 5.41) is 14.2. The van der Waals surface area contributed by atoms with Gasteiger partial charge < -0.3 is 15.7 Å². The molecule has 0 spiro atoms. The Labute approximate surface area is 95.7 Å². The molecule has 0 aromatic heterocycles. The van der Waals surface area contributed by atoms with Crippen LogP contribution in [0, 0.1) is 0 Å². The lowest BCUT2D eigenvalue weighted by molar-refractivity contribution is 0.229. The largest absolute Gasteiger partial charge is 0.394 e. The van der Waals surface area contributed by atoms with Crippen molar-refractivity contribution in [2.75, 3.05) is 11.9 Å². The van der Waals surface area contributed by atoms with Crippen LogP contribution in [0.15, 0.2) is 24.3 Å². The summed E-state index contributed by atoms with van der Waals surface area (Å²) in [5.41, 5.74) is 1.90. The van der Waals surface area contributed by atoms with Crippen LogP contribution in [-0.2, 0) is 6.42 Å². The molecule has 0 heterocycles. The molecule has 1 aromatic rings. The van der Waals surface area contributed by atoms with E-state index >= 15 is 0 Å². The van der Waals surface area contributed by atoms with Crippen molar-refractivity contribution < 1.29 is 9.90 Å². The van der Waals surface area contributed by atoms with Crippen molar-refractivity contribution >= 4 is 11.7 Å². The molecular weight excluding hydrogens is 204 g/mol. The van der Waals surface area contributed by atoms with Crippen molar-refractivity contribution in [2.45, 2.75) is 26.3 Å². The van der Waals surface area contributed by atoms with Gasteiger partial charge in [0.25, 0.3) is 0 Å². The Bertz CT molecular complexity index is 353. The van der Waals surface area contributed by atoms with E-state index in [0.29, 0.717) is 0 Å². The molecule has 4 nitrogen and oxygen atoms in total. The SMILES string of the molecule is CCc1ccccc1NC(=O)N[C@@H](C)CO. The van der Waals surface area contributed by atoms with Crippen LogP contribution in [0.25, 0.3) is 0 Å². The number of amides is 2. The van der Waals surface area contributed by atoms with Gasteiger partial charge in [0.2, 0.25) is 0 Å². The molecule has 16 heavy (non-hydrogen) atoms. The van der Waals surface area contributed by atoms with Crippen molar-refractivity contribution in [3.63, 3.8) is 0 Å². The maximum Gasteiger partial charge on any atom is 0.319 e. The first-order valence-corrected chi connectivity index (χ1v) is 5.43. The van der Waals surface area contributed by atoms with Crippen LogP contribution in [0.5, 0.6) is 0 Å². The first-order chi connectivity index (χ1) is 7.67. The van der Waals surface area contributed by atoms with Gasteiger partial charge in [0.15, 0.2) is 0 Å². The predicted molar refractivity (Wildman–Crippen MR) is 64.5 cm³/mol. The second-order valence-electron chi connectivity index (χ2n) is 3.69. The quantitative estimate of drug-likeness (QED) is 0.726. The third kappa shape index (κ3) is 3.55. The number of hydrogen-bond acceptors (Lipinski definition) is 2. The minimum atomic E-state index is -0.289. The molecule has 0 aliphatic heterocycles. The van der Waals surface area contributed by atoms with E-state index in [1.54, 1.807) is 6.92 Å². The van der Waals surface area contributed by atoms with Gasteiger partial charge in [0, 0.05) is 5.69 Å². The number of anilines is 1. The molecule has 1 rings (SSSR count). The van der Waals surface area contributed by atoms with E-state index in [9.17, 15) is 4.79 Å². The highest BCUT2D eigenvalue weighted by Gasteiger charge is 2.07. The molecule has 0 fully saturated rings. The number of carbonyl (C=O) groups excluding carboxylic acids is 1. The Kier molecular flexibility index (Phi) is 4.79. The standard InChI is InChI=1S/C12H18N2O2/c1-3-10-6-4-5-7-11(10)14-12(16)13-9(2)8-15/h4-7,9,15H,3,8H2,1-2H3,(H2,13,14,16)/t9-/m0/s1. The predicted octanol–water partition coefficient (Wildman–Crippen LogP) is 1.75. The van der Waals surface area contributed by atoms with Gasteiger partial charge >= 0.3 is 6.03 Å². The van der Waals surface area contributed by atoms with Gasteiger partial charge in [-0.25, -0.2) is 4.79 Å². The second kappa shape index (κ2) is 6.12. The molecule has 1 aromatic carbocycles. The van der Waals surface area contributed by atoms with E-state index in [2.05, 4.69) is 10.6 Å². The van der Waals surface area contributed by atoms with Crippen molar-refractivity contribution in [1.82, 2.24) is 5.32 Å². The average molecular weight is 222 g/mol. The van der Waals surface area contributed by atoms with Gasteiger partial charge in [-0.15, -0.1) is 0 Å². The van der Waals surface area contributed by atoms with E-state index in [1.807, 2.05) is 31.2 Å². The number of aliphatic hydroxyl groups is 1. The number of para-hydroxylation sites is 1. The minimum Gasteiger partial charge on any atom is -0.394 e. The number of hydrogen-bond donors (Lipinski definition) is 3. The molecular formula is C12H18N2O2. The number of nitrogens with one attached hydrogen (secondary N) is 2. The Balaban J connectivity index is 2.62. The molecule has 0 saturated heterocycles. The molecule has 4 heteroatoms. The van der Waals surface area contributed by atoms with Crippen molar-refractivity contribution in [2.24, 2.45) is 0 Å². The molecule has 3 N–H and O–H groups in total. The Morgan fingerprint density at radius 3 is 2.75 bits per heavy atom. The molecule has 88 valence electrons. The lowest BCUT2D eigenvalue weighted by atomic mass is 10.1. The molecule has 1 atom stereocenters. The zero-order chi connectivity index (χ0) is 12.0. The van der Waals surface area contributed by atoms with Crippen LogP contribution in [-0.4, -0.2) is 23.8 Å². The highest BCUT2D eigenvalue weighted by atomic mass is 16.3. The molecule has 0 saturated carbocycles. The Morgan fingerprint density at radius 2 is 2.12 bits per heavy atom. The average Bonchev–Trinajstić information content (AvgIpc) is 2.29. The van der Waals surface area contributed by atoms with Gasteiger partial charge in [-0.3, -0.25) is 0 Å². The smallest absolute Gasteiger partial charge is 0.319 e. The van der Waals surface area contributed by atoms with Gasteiger partial charge in [0.1, 0.15) is 0 Å². The van der Waals surface area contributed by atoms with Gasteiger partial charge in [0.05, 0.1) is 12.6 Å². The number of rotatable bonds is 4. The lowest BCUT2D eigenvalue weighted by Crippen LogP contribution is -2.38. The maximum atomic E-state index is 11.5. The summed E-state index contributed by atoms with van der Waals surface area (Å²) in [4.78, 5) is 11.5. The molecule has 0 bridgehead atoms. The topological polar surface area (TPSA) is 61.4 Å². The monoisotopic (exact) mass is 222 g/mol. The second-order valence-corrected chi connectivity index (χ2v) is 3.69. The van der Waals surface area contributed by atoms with E-state index in [-0.39, 0.29) is 18.7 Å². The first-order valence-electron chi connectivity index (χ1n) is 5.43. The fourth-order valence-corrected chi connectivity index (χ4v) is 1.38. The van der Waals surface area contributed by atoms with E-state index < -0.39 is 0 Å². The van der Waals surface area contributed by atoms with Crippen molar-refractivity contribution in [3.8, 4) is 0 Å². The molecule has 0 aliphatic carbocycles. The van der Waals surface area contributed by atoms with Gasteiger partial charge in [-0.2, -0.15) is 0 Å². The fourth-order valence-electron chi connectivity index (χ4n) is 1.38. The fraction of sp³-hybridized carbons (Fsp3) is 0.417. The molecule has 0 unspecified atom stereocenters. The summed E-state index contributed by atoms with van der Waals surface area (Å²) in [5.74, 6) is 0. The van der Waals surface area contributed by atoms with Crippen LogP contribution >= 0.6 is 0 Å². The van der Waals surface area contributed by atoms with Crippen LogP contribution in [0.3, 0.4) is 0 Å². The molecule has 0 radical (unpaired) electrons. The lowest BCUT2D eigenvalue weighted by Gasteiger charge is -2.13. The van der Waals surface area contributed by atoms with Gasteiger partial charge in [-0.05, 0) is 25.0 Å². The summed E-state index contributed by atoms with van der Waals surface area (Å²) in [6.45, 7) is 3.71. The van der Waals surface area contributed by atoms with Gasteiger partial charge in [-0.1, -0.05) is 25.1 Å². The third-order valence-corrected chi connectivity index (χ3v) is 2.30. The van der Waals surface area contributed by atoms with Crippen LogP contribution in [0.2, 0.25) is 0 Å². The minimum absolute atomic E-state index is 0.0666.